The van der Waals surface area contributed by atoms with Gasteiger partial charge in [0, 0.05) is 50.4 Å². The molecule has 0 unspecified atom stereocenters. The summed E-state index contributed by atoms with van der Waals surface area (Å²) in [6.07, 6.45) is 2.46. The Kier molecular flexibility index (Phi) is 5.84. The number of nitrogens with zero attached hydrogens (tertiary/aromatic N) is 2. The highest BCUT2D eigenvalue weighted by molar-refractivity contribution is 5.95. The lowest BCUT2D eigenvalue weighted by Crippen LogP contribution is -2.30. The van der Waals surface area contributed by atoms with Crippen molar-refractivity contribution in [1.82, 2.24) is 5.32 Å². The van der Waals surface area contributed by atoms with Crippen LogP contribution in [0.15, 0.2) is 47.5 Å². The third-order valence-electron chi connectivity index (χ3n) is 5.02. The van der Waals surface area contributed by atoms with Crippen LogP contribution in [0.25, 0.3) is 0 Å². The van der Waals surface area contributed by atoms with E-state index in [4.69, 9.17) is 9.47 Å². The second-order valence-corrected chi connectivity index (χ2v) is 7.08. The monoisotopic (exact) mass is 394 g/mol. The summed E-state index contributed by atoms with van der Waals surface area (Å²) in [5, 5.41) is 6.59. The Labute approximate surface area is 170 Å². The van der Waals surface area contributed by atoms with Crippen molar-refractivity contribution < 1.29 is 14.3 Å². The van der Waals surface area contributed by atoms with E-state index in [-0.39, 0.29) is 5.91 Å². The number of amides is 1. The first-order valence-electron chi connectivity index (χ1n) is 9.99. The van der Waals surface area contributed by atoms with Crippen molar-refractivity contribution in [2.75, 3.05) is 37.0 Å². The van der Waals surface area contributed by atoms with Crippen molar-refractivity contribution in [2.24, 2.45) is 4.99 Å². The molecule has 1 fully saturated rings. The van der Waals surface area contributed by atoms with E-state index in [0.29, 0.717) is 32.1 Å². The molecular formula is C22H26N4O3. The second kappa shape index (κ2) is 8.86. The molecule has 2 aliphatic rings. The van der Waals surface area contributed by atoms with Crippen LogP contribution in [0.3, 0.4) is 0 Å². The van der Waals surface area contributed by atoms with Crippen molar-refractivity contribution in [3.05, 3.63) is 48.0 Å². The van der Waals surface area contributed by atoms with E-state index in [1.165, 1.54) is 0 Å². The summed E-state index contributed by atoms with van der Waals surface area (Å²) in [7, 11) is 1.74. The van der Waals surface area contributed by atoms with Gasteiger partial charge < -0.3 is 25.0 Å². The number of hydrogen-bond acceptors (Lipinski definition) is 4. The fourth-order valence-electron chi connectivity index (χ4n) is 3.46. The Morgan fingerprint density at radius 3 is 2.59 bits per heavy atom. The van der Waals surface area contributed by atoms with E-state index in [9.17, 15) is 4.79 Å². The molecular weight excluding hydrogens is 368 g/mol. The standard InChI is InChI=1S/C22H26N4O3/c1-23-22(25-17-7-10-19-20(14-17)29-13-3-12-28-19)24-15-16-5-8-18(9-6-16)26-11-2-4-21(26)27/h5-10,14H,2-4,11-13,15H2,1H3,(H2,23,24,25). The van der Waals surface area contributed by atoms with Gasteiger partial charge in [-0.05, 0) is 36.2 Å². The Morgan fingerprint density at radius 2 is 1.86 bits per heavy atom. The quantitative estimate of drug-likeness (QED) is 0.615. The summed E-state index contributed by atoms with van der Waals surface area (Å²) in [4.78, 5) is 18.0. The lowest BCUT2D eigenvalue weighted by atomic mass is 10.2. The number of carbonyl (C=O) groups excluding carboxylic acids is 1. The maximum atomic E-state index is 11.9. The van der Waals surface area contributed by atoms with Crippen molar-refractivity contribution in [3.63, 3.8) is 0 Å². The molecule has 152 valence electrons. The SMILES string of the molecule is CN=C(NCc1ccc(N2CCCC2=O)cc1)Nc1ccc2c(c1)OCCCO2. The first-order valence-corrected chi connectivity index (χ1v) is 9.99. The van der Waals surface area contributed by atoms with Crippen LogP contribution < -0.4 is 25.0 Å². The first-order chi connectivity index (χ1) is 14.2. The molecule has 7 nitrogen and oxygen atoms in total. The highest BCUT2D eigenvalue weighted by Gasteiger charge is 2.21. The third-order valence-corrected chi connectivity index (χ3v) is 5.02. The van der Waals surface area contributed by atoms with Crippen LogP contribution in [0.1, 0.15) is 24.8 Å². The van der Waals surface area contributed by atoms with Crippen LogP contribution >= 0.6 is 0 Å². The summed E-state index contributed by atoms with van der Waals surface area (Å²) < 4.78 is 11.4. The fraction of sp³-hybridized carbons (Fsp3) is 0.364. The molecule has 0 saturated carbocycles. The summed E-state index contributed by atoms with van der Waals surface area (Å²) in [5.41, 5.74) is 2.96. The number of ether oxygens (including phenoxy) is 2. The van der Waals surface area contributed by atoms with Gasteiger partial charge in [-0.3, -0.25) is 9.79 Å². The van der Waals surface area contributed by atoms with Crippen molar-refractivity contribution in [3.8, 4) is 11.5 Å². The van der Waals surface area contributed by atoms with Crippen molar-refractivity contribution in [1.29, 1.82) is 0 Å². The highest BCUT2D eigenvalue weighted by atomic mass is 16.5. The Morgan fingerprint density at radius 1 is 1.07 bits per heavy atom. The number of anilines is 2. The smallest absolute Gasteiger partial charge is 0.227 e. The lowest BCUT2D eigenvalue weighted by molar-refractivity contribution is -0.117. The molecule has 7 heteroatoms. The van der Waals surface area contributed by atoms with Gasteiger partial charge in [0.1, 0.15) is 0 Å². The van der Waals surface area contributed by atoms with Crippen LogP contribution in [0.4, 0.5) is 11.4 Å². The van der Waals surface area contributed by atoms with Gasteiger partial charge in [0.25, 0.3) is 0 Å². The zero-order chi connectivity index (χ0) is 20.1. The third kappa shape index (κ3) is 4.62. The number of benzene rings is 2. The normalized spacial score (nSPS) is 16.5. The van der Waals surface area contributed by atoms with E-state index in [1.807, 2.05) is 47.4 Å². The second-order valence-electron chi connectivity index (χ2n) is 7.08. The molecule has 0 atom stereocenters. The molecule has 2 aliphatic heterocycles. The van der Waals surface area contributed by atoms with Crippen LogP contribution in [0.5, 0.6) is 11.5 Å². The van der Waals surface area contributed by atoms with Gasteiger partial charge in [-0.2, -0.15) is 0 Å². The van der Waals surface area contributed by atoms with Gasteiger partial charge in [0.05, 0.1) is 13.2 Å². The highest BCUT2D eigenvalue weighted by Crippen LogP contribution is 2.32. The number of rotatable bonds is 4. The Bertz CT molecular complexity index is 895. The van der Waals surface area contributed by atoms with E-state index in [2.05, 4.69) is 15.6 Å². The van der Waals surface area contributed by atoms with E-state index in [1.54, 1.807) is 7.05 Å². The van der Waals surface area contributed by atoms with Crippen molar-refractivity contribution >= 4 is 23.2 Å². The van der Waals surface area contributed by atoms with Crippen molar-refractivity contribution in [2.45, 2.75) is 25.8 Å². The molecule has 2 N–H and O–H groups in total. The molecule has 29 heavy (non-hydrogen) atoms. The number of nitrogens with one attached hydrogen (secondary N) is 2. The maximum absolute atomic E-state index is 11.9. The predicted octanol–water partition coefficient (Wildman–Crippen LogP) is 3.16. The Balaban J connectivity index is 1.35. The molecule has 0 aromatic heterocycles. The molecule has 2 heterocycles. The van der Waals surface area contributed by atoms with Gasteiger partial charge in [0.15, 0.2) is 17.5 Å². The minimum Gasteiger partial charge on any atom is -0.490 e. The van der Waals surface area contributed by atoms with Gasteiger partial charge in [0.2, 0.25) is 5.91 Å². The van der Waals surface area contributed by atoms with Gasteiger partial charge >= 0.3 is 0 Å². The molecule has 2 aromatic rings. The number of aliphatic imine (C=N–C) groups is 1. The predicted molar refractivity (Wildman–Crippen MR) is 114 cm³/mol. The molecule has 2 aromatic carbocycles. The number of guanidine groups is 1. The van der Waals surface area contributed by atoms with Gasteiger partial charge in [-0.1, -0.05) is 12.1 Å². The van der Waals surface area contributed by atoms with Gasteiger partial charge in [-0.15, -0.1) is 0 Å². The molecule has 1 amide bonds. The number of hydrogen-bond donors (Lipinski definition) is 2. The first kappa shape index (κ1) is 19.1. The fourth-order valence-corrected chi connectivity index (χ4v) is 3.46. The number of carbonyl (C=O) groups is 1. The zero-order valence-electron chi connectivity index (χ0n) is 16.6. The maximum Gasteiger partial charge on any atom is 0.227 e. The van der Waals surface area contributed by atoms with E-state index < -0.39 is 0 Å². The summed E-state index contributed by atoms with van der Waals surface area (Å²) in [6, 6.07) is 13.9. The minimum atomic E-state index is 0.204. The molecule has 0 bridgehead atoms. The topological polar surface area (TPSA) is 75.2 Å². The number of fused-ring (bicyclic) bond motifs is 1. The summed E-state index contributed by atoms with van der Waals surface area (Å²) in [5.74, 6) is 2.39. The molecule has 0 spiro atoms. The summed E-state index contributed by atoms with van der Waals surface area (Å²) in [6.45, 7) is 2.76. The zero-order valence-corrected chi connectivity index (χ0v) is 16.6. The van der Waals surface area contributed by atoms with Crippen LogP contribution in [0, 0.1) is 0 Å². The minimum absolute atomic E-state index is 0.204. The largest absolute Gasteiger partial charge is 0.490 e. The van der Waals surface area contributed by atoms with E-state index >= 15 is 0 Å². The molecule has 1 saturated heterocycles. The van der Waals surface area contributed by atoms with Crippen LogP contribution in [-0.4, -0.2) is 38.7 Å². The van der Waals surface area contributed by atoms with E-state index in [0.717, 1.165) is 47.8 Å². The average molecular weight is 394 g/mol. The molecule has 4 rings (SSSR count). The Hall–Kier alpha value is -3.22. The van der Waals surface area contributed by atoms with Crippen LogP contribution in [-0.2, 0) is 11.3 Å². The lowest BCUT2D eigenvalue weighted by Gasteiger charge is -2.17. The van der Waals surface area contributed by atoms with Gasteiger partial charge in [-0.25, -0.2) is 0 Å². The average Bonchev–Trinajstić information content (AvgIpc) is 3.04. The molecule has 0 radical (unpaired) electrons. The van der Waals surface area contributed by atoms with Crippen LogP contribution in [0.2, 0.25) is 0 Å². The molecule has 0 aliphatic carbocycles. The summed E-state index contributed by atoms with van der Waals surface area (Å²) >= 11 is 0.